The fourth-order valence-corrected chi connectivity index (χ4v) is 1.46. The second-order valence-electron chi connectivity index (χ2n) is 3.68. The van der Waals surface area contributed by atoms with Crippen LogP contribution >= 0.6 is 0 Å². The molecule has 0 aliphatic carbocycles. The lowest BCUT2D eigenvalue weighted by Gasteiger charge is -2.18. The van der Waals surface area contributed by atoms with Gasteiger partial charge in [-0.1, -0.05) is 18.2 Å². The number of hydrogen-bond acceptors (Lipinski definition) is 2. The Morgan fingerprint density at radius 2 is 1.94 bits per heavy atom. The smallest absolute Gasteiger partial charge is 0.391 e. The van der Waals surface area contributed by atoms with Crippen LogP contribution in [0.1, 0.15) is 18.9 Å². The maximum absolute atomic E-state index is 12.1. The zero-order valence-corrected chi connectivity index (χ0v) is 8.88. The van der Waals surface area contributed by atoms with Crippen molar-refractivity contribution in [2.24, 2.45) is 0 Å². The topological polar surface area (TPSA) is 32.3 Å². The van der Waals surface area contributed by atoms with E-state index in [1.165, 1.54) is 6.92 Å². The predicted molar refractivity (Wildman–Crippen MR) is 56.1 cm³/mol. The molecule has 5 heteroatoms. The molecule has 0 aromatic heterocycles. The van der Waals surface area contributed by atoms with Gasteiger partial charge in [-0.05, 0) is 13.0 Å². The molecule has 1 rings (SSSR count). The minimum Gasteiger partial charge on any atom is -0.392 e. The Labute approximate surface area is 92.1 Å². The predicted octanol–water partition coefficient (Wildman–Crippen LogP) is 2.93. The van der Waals surface area contributed by atoms with Gasteiger partial charge in [-0.2, -0.15) is 13.2 Å². The van der Waals surface area contributed by atoms with Crippen molar-refractivity contribution < 1.29 is 18.3 Å². The van der Waals surface area contributed by atoms with Gasteiger partial charge in [-0.15, -0.1) is 0 Å². The van der Waals surface area contributed by atoms with Crippen molar-refractivity contribution in [2.75, 3.05) is 5.32 Å². The third-order valence-corrected chi connectivity index (χ3v) is 2.13. The zero-order chi connectivity index (χ0) is 12.2. The Balaban J connectivity index is 2.65. The average molecular weight is 233 g/mol. The van der Waals surface area contributed by atoms with E-state index >= 15 is 0 Å². The highest BCUT2D eigenvalue weighted by Gasteiger charge is 2.30. The standard InChI is InChI=1S/C11H14F3NO/c1-8(6-11(12,13)14)15-10-5-3-2-4-9(10)7-16/h2-5,8,15-16H,6-7H2,1H3. The van der Waals surface area contributed by atoms with Crippen molar-refractivity contribution in [3.8, 4) is 0 Å². The SMILES string of the molecule is CC(CC(F)(F)F)Nc1ccccc1CO. The van der Waals surface area contributed by atoms with Gasteiger partial charge >= 0.3 is 6.18 Å². The quantitative estimate of drug-likeness (QED) is 0.838. The Morgan fingerprint density at radius 1 is 1.31 bits per heavy atom. The van der Waals surface area contributed by atoms with E-state index in [0.29, 0.717) is 11.3 Å². The Bertz CT molecular complexity index is 338. The second-order valence-corrected chi connectivity index (χ2v) is 3.68. The molecule has 0 aliphatic heterocycles. The van der Waals surface area contributed by atoms with Gasteiger partial charge in [0, 0.05) is 17.3 Å². The number of benzene rings is 1. The van der Waals surface area contributed by atoms with Crippen LogP contribution < -0.4 is 5.32 Å². The number of para-hydroxylation sites is 1. The molecule has 90 valence electrons. The van der Waals surface area contributed by atoms with Crippen molar-refractivity contribution in [1.29, 1.82) is 0 Å². The van der Waals surface area contributed by atoms with Gasteiger partial charge in [0.25, 0.3) is 0 Å². The molecular formula is C11H14F3NO. The van der Waals surface area contributed by atoms with E-state index in [2.05, 4.69) is 5.32 Å². The minimum absolute atomic E-state index is 0.193. The van der Waals surface area contributed by atoms with Crippen LogP contribution in [0.5, 0.6) is 0 Å². The Kier molecular flexibility index (Phi) is 4.18. The molecule has 1 atom stereocenters. The maximum atomic E-state index is 12.1. The summed E-state index contributed by atoms with van der Waals surface area (Å²) in [6.07, 6.45) is -5.08. The molecule has 2 N–H and O–H groups in total. The van der Waals surface area contributed by atoms with Gasteiger partial charge in [0.2, 0.25) is 0 Å². The molecule has 2 nitrogen and oxygen atoms in total. The Hall–Kier alpha value is -1.23. The van der Waals surface area contributed by atoms with Crippen molar-refractivity contribution in [1.82, 2.24) is 0 Å². The van der Waals surface area contributed by atoms with E-state index in [9.17, 15) is 13.2 Å². The molecule has 0 aliphatic rings. The third-order valence-electron chi connectivity index (χ3n) is 2.13. The number of nitrogens with one attached hydrogen (secondary N) is 1. The second kappa shape index (κ2) is 5.21. The van der Waals surface area contributed by atoms with Crippen LogP contribution in [-0.4, -0.2) is 17.3 Å². The van der Waals surface area contributed by atoms with Crippen LogP contribution in [0.2, 0.25) is 0 Å². The third kappa shape index (κ3) is 4.10. The number of hydrogen-bond donors (Lipinski definition) is 2. The van der Waals surface area contributed by atoms with E-state index in [4.69, 9.17) is 5.11 Å². The first-order valence-electron chi connectivity index (χ1n) is 4.94. The highest BCUT2D eigenvalue weighted by atomic mass is 19.4. The van der Waals surface area contributed by atoms with E-state index in [1.807, 2.05) is 0 Å². The summed E-state index contributed by atoms with van der Waals surface area (Å²) >= 11 is 0. The average Bonchev–Trinajstić information content (AvgIpc) is 2.15. The lowest BCUT2D eigenvalue weighted by molar-refractivity contribution is -0.136. The molecule has 1 unspecified atom stereocenters. The summed E-state index contributed by atoms with van der Waals surface area (Å²) in [5.74, 6) is 0. The Morgan fingerprint density at radius 3 is 2.50 bits per heavy atom. The van der Waals surface area contributed by atoms with Crippen LogP contribution in [0.25, 0.3) is 0 Å². The van der Waals surface area contributed by atoms with Gasteiger partial charge < -0.3 is 10.4 Å². The molecule has 16 heavy (non-hydrogen) atoms. The van der Waals surface area contributed by atoms with Crippen molar-refractivity contribution in [3.05, 3.63) is 29.8 Å². The van der Waals surface area contributed by atoms with E-state index < -0.39 is 18.6 Å². The summed E-state index contributed by atoms with van der Waals surface area (Å²) in [4.78, 5) is 0. The summed E-state index contributed by atoms with van der Waals surface area (Å²) in [5.41, 5.74) is 1.14. The number of aliphatic hydroxyl groups is 1. The van der Waals surface area contributed by atoms with Crippen LogP contribution in [0.4, 0.5) is 18.9 Å². The summed E-state index contributed by atoms with van der Waals surface area (Å²) in [6.45, 7) is 1.27. The van der Waals surface area contributed by atoms with Gasteiger partial charge in [-0.3, -0.25) is 0 Å². The summed E-state index contributed by atoms with van der Waals surface area (Å²) in [6, 6.07) is 6.04. The number of halogens is 3. The molecule has 0 saturated heterocycles. The first kappa shape index (κ1) is 12.8. The van der Waals surface area contributed by atoms with E-state index in [-0.39, 0.29) is 6.61 Å². The van der Waals surface area contributed by atoms with Crippen LogP contribution in [0.3, 0.4) is 0 Å². The zero-order valence-electron chi connectivity index (χ0n) is 8.88. The molecular weight excluding hydrogens is 219 g/mol. The first-order chi connectivity index (χ1) is 7.42. The van der Waals surface area contributed by atoms with E-state index in [1.54, 1.807) is 24.3 Å². The number of anilines is 1. The summed E-state index contributed by atoms with van der Waals surface area (Å²) < 4.78 is 36.3. The molecule has 1 aromatic carbocycles. The first-order valence-corrected chi connectivity index (χ1v) is 4.94. The van der Waals surface area contributed by atoms with Gasteiger partial charge in [-0.25, -0.2) is 0 Å². The normalized spacial score (nSPS) is 13.6. The van der Waals surface area contributed by atoms with Gasteiger partial charge in [0.1, 0.15) is 0 Å². The number of aliphatic hydroxyl groups excluding tert-OH is 1. The number of alkyl halides is 3. The lowest BCUT2D eigenvalue weighted by Crippen LogP contribution is -2.24. The molecule has 0 amide bonds. The molecule has 0 heterocycles. The fourth-order valence-electron chi connectivity index (χ4n) is 1.46. The lowest BCUT2D eigenvalue weighted by atomic mass is 10.1. The molecule has 0 bridgehead atoms. The molecule has 0 saturated carbocycles. The van der Waals surface area contributed by atoms with Gasteiger partial charge in [0.05, 0.1) is 13.0 Å². The van der Waals surface area contributed by atoms with Crippen molar-refractivity contribution >= 4 is 5.69 Å². The monoisotopic (exact) mass is 233 g/mol. The number of rotatable bonds is 4. The maximum Gasteiger partial charge on any atom is 0.391 e. The fraction of sp³-hybridized carbons (Fsp3) is 0.455. The van der Waals surface area contributed by atoms with Crippen molar-refractivity contribution in [2.45, 2.75) is 32.2 Å². The molecule has 0 fully saturated rings. The molecule has 0 spiro atoms. The van der Waals surface area contributed by atoms with Crippen LogP contribution in [-0.2, 0) is 6.61 Å². The highest BCUT2D eigenvalue weighted by Crippen LogP contribution is 2.24. The summed E-state index contributed by atoms with van der Waals surface area (Å²) in [5, 5.41) is 11.7. The minimum atomic E-state index is -4.18. The highest BCUT2D eigenvalue weighted by molar-refractivity contribution is 5.51. The summed E-state index contributed by atoms with van der Waals surface area (Å²) in [7, 11) is 0. The van der Waals surface area contributed by atoms with E-state index in [0.717, 1.165) is 0 Å². The van der Waals surface area contributed by atoms with Gasteiger partial charge in [0.15, 0.2) is 0 Å². The van der Waals surface area contributed by atoms with Crippen molar-refractivity contribution in [3.63, 3.8) is 0 Å². The van der Waals surface area contributed by atoms with Crippen LogP contribution in [0, 0.1) is 0 Å². The van der Waals surface area contributed by atoms with Crippen LogP contribution in [0.15, 0.2) is 24.3 Å². The molecule has 1 aromatic rings. The largest absolute Gasteiger partial charge is 0.392 e. The molecule has 0 radical (unpaired) electrons.